The largest absolute Gasteiger partial charge is 0.463 e. The number of hydrogen-bond donors (Lipinski definition) is 2. The highest BCUT2D eigenvalue weighted by Crippen LogP contribution is 2.29. The number of anilines is 1. The van der Waals surface area contributed by atoms with E-state index in [9.17, 15) is 22.8 Å². The van der Waals surface area contributed by atoms with Gasteiger partial charge in [0.25, 0.3) is 0 Å². The second-order valence-electron chi connectivity index (χ2n) is 4.24. The molecule has 0 aliphatic carbocycles. The third-order valence-corrected chi connectivity index (χ3v) is 2.58. The lowest BCUT2D eigenvalue weighted by atomic mass is 10.2. The maximum Gasteiger partial charge on any atom is 0.416 e. The van der Waals surface area contributed by atoms with E-state index >= 15 is 0 Å². The van der Waals surface area contributed by atoms with E-state index in [4.69, 9.17) is 4.42 Å². The number of hydrazone groups is 1. The molecule has 6 nitrogen and oxygen atoms in total. The Labute approximate surface area is 128 Å². The number of hydrogen-bond acceptors (Lipinski definition) is 4. The molecular formula is C14H10F3N3O3. The molecule has 120 valence electrons. The van der Waals surface area contributed by atoms with Crippen LogP contribution in [0, 0.1) is 0 Å². The maximum atomic E-state index is 12.4. The average Bonchev–Trinajstić information content (AvgIpc) is 3.00. The van der Waals surface area contributed by atoms with E-state index in [2.05, 4.69) is 10.4 Å². The highest BCUT2D eigenvalue weighted by Gasteiger charge is 2.30. The van der Waals surface area contributed by atoms with Crippen LogP contribution in [0.2, 0.25) is 0 Å². The lowest BCUT2D eigenvalue weighted by Gasteiger charge is -2.08. The Morgan fingerprint density at radius 1 is 1.09 bits per heavy atom. The number of halogens is 3. The molecule has 1 aromatic heterocycles. The third kappa shape index (κ3) is 4.70. The van der Waals surface area contributed by atoms with E-state index in [-0.39, 0.29) is 5.69 Å². The smallest absolute Gasteiger partial charge is 0.416 e. The first kappa shape index (κ1) is 16.3. The molecule has 2 rings (SSSR count). The standard InChI is InChI=1S/C14H10F3N3O3/c15-14(16,17)9-3-5-10(6-4-9)19-12(21)13(22)20-18-8-11-2-1-7-23-11/h1-8H,(H,19,21)(H,20,22). The van der Waals surface area contributed by atoms with Crippen molar-refractivity contribution in [1.29, 1.82) is 0 Å². The van der Waals surface area contributed by atoms with Crippen LogP contribution in [0.5, 0.6) is 0 Å². The third-order valence-electron chi connectivity index (χ3n) is 2.58. The van der Waals surface area contributed by atoms with Gasteiger partial charge in [0.05, 0.1) is 18.0 Å². The fourth-order valence-corrected chi connectivity index (χ4v) is 1.50. The van der Waals surface area contributed by atoms with Gasteiger partial charge in [-0.25, -0.2) is 5.43 Å². The fourth-order valence-electron chi connectivity index (χ4n) is 1.50. The molecule has 1 heterocycles. The van der Waals surface area contributed by atoms with Crippen LogP contribution in [0.15, 0.2) is 52.2 Å². The van der Waals surface area contributed by atoms with E-state index in [1.807, 2.05) is 5.43 Å². The van der Waals surface area contributed by atoms with E-state index in [1.54, 1.807) is 12.1 Å². The van der Waals surface area contributed by atoms with Gasteiger partial charge in [0.2, 0.25) is 0 Å². The minimum absolute atomic E-state index is 0.0492. The van der Waals surface area contributed by atoms with Crippen LogP contribution in [-0.4, -0.2) is 18.0 Å². The van der Waals surface area contributed by atoms with Crippen LogP contribution >= 0.6 is 0 Å². The summed E-state index contributed by atoms with van der Waals surface area (Å²) in [6.45, 7) is 0. The highest BCUT2D eigenvalue weighted by atomic mass is 19.4. The lowest BCUT2D eigenvalue weighted by molar-refractivity contribution is -0.137. The second-order valence-corrected chi connectivity index (χ2v) is 4.24. The first-order valence-electron chi connectivity index (χ1n) is 6.21. The molecule has 0 atom stereocenters. The monoisotopic (exact) mass is 325 g/mol. The Balaban J connectivity index is 1.89. The van der Waals surface area contributed by atoms with Crippen LogP contribution < -0.4 is 10.7 Å². The van der Waals surface area contributed by atoms with Gasteiger partial charge in [-0.2, -0.15) is 18.3 Å². The molecule has 9 heteroatoms. The van der Waals surface area contributed by atoms with Crippen LogP contribution in [0.3, 0.4) is 0 Å². The summed E-state index contributed by atoms with van der Waals surface area (Å²) in [5.74, 6) is -1.78. The minimum atomic E-state index is -4.47. The molecule has 0 aliphatic rings. The Kier molecular flexibility index (Phi) is 4.79. The van der Waals surface area contributed by atoms with Crippen LogP contribution in [0.4, 0.5) is 18.9 Å². The zero-order valence-corrected chi connectivity index (χ0v) is 11.4. The number of carbonyl (C=O) groups is 2. The number of amides is 2. The predicted octanol–water partition coefficient (Wildman–Crippen LogP) is 2.39. The van der Waals surface area contributed by atoms with Gasteiger partial charge in [-0.3, -0.25) is 9.59 Å². The molecule has 0 saturated heterocycles. The van der Waals surface area contributed by atoms with E-state index in [0.29, 0.717) is 5.76 Å². The fraction of sp³-hybridized carbons (Fsp3) is 0.0714. The number of alkyl halides is 3. The van der Waals surface area contributed by atoms with Crippen molar-refractivity contribution >= 4 is 23.7 Å². The van der Waals surface area contributed by atoms with Crippen molar-refractivity contribution < 1.29 is 27.2 Å². The first-order chi connectivity index (χ1) is 10.9. The van der Waals surface area contributed by atoms with E-state index < -0.39 is 23.6 Å². The zero-order valence-electron chi connectivity index (χ0n) is 11.4. The zero-order chi connectivity index (χ0) is 16.9. The second kappa shape index (κ2) is 6.77. The van der Waals surface area contributed by atoms with Crippen molar-refractivity contribution in [3.63, 3.8) is 0 Å². The number of benzene rings is 1. The molecule has 23 heavy (non-hydrogen) atoms. The molecule has 0 fully saturated rings. The Morgan fingerprint density at radius 3 is 2.35 bits per heavy atom. The summed E-state index contributed by atoms with van der Waals surface area (Å²) in [4.78, 5) is 23.0. The molecule has 1 aromatic carbocycles. The number of rotatable bonds is 3. The molecule has 2 aromatic rings. The van der Waals surface area contributed by atoms with Crippen molar-refractivity contribution in [1.82, 2.24) is 5.43 Å². The van der Waals surface area contributed by atoms with Gasteiger partial charge in [-0.05, 0) is 36.4 Å². The predicted molar refractivity (Wildman–Crippen MR) is 74.5 cm³/mol. The van der Waals surface area contributed by atoms with E-state index in [1.165, 1.54) is 12.5 Å². The summed E-state index contributed by atoms with van der Waals surface area (Å²) in [5, 5.41) is 5.64. The van der Waals surface area contributed by atoms with Crippen molar-refractivity contribution in [2.75, 3.05) is 5.32 Å². The average molecular weight is 325 g/mol. The van der Waals surface area contributed by atoms with Crippen molar-refractivity contribution in [3.8, 4) is 0 Å². The molecule has 0 unspecified atom stereocenters. The summed E-state index contributed by atoms with van der Waals surface area (Å²) >= 11 is 0. The van der Waals surface area contributed by atoms with Gasteiger partial charge >= 0.3 is 18.0 Å². The molecule has 2 N–H and O–H groups in total. The Hall–Kier alpha value is -3.10. The van der Waals surface area contributed by atoms with Crippen LogP contribution in [0.1, 0.15) is 11.3 Å². The molecular weight excluding hydrogens is 315 g/mol. The molecule has 0 radical (unpaired) electrons. The highest BCUT2D eigenvalue weighted by molar-refractivity contribution is 6.39. The summed E-state index contributed by atoms with van der Waals surface area (Å²) in [7, 11) is 0. The van der Waals surface area contributed by atoms with Crippen molar-refractivity contribution in [2.45, 2.75) is 6.18 Å². The lowest BCUT2D eigenvalue weighted by Crippen LogP contribution is -2.32. The summed E-state index contributed by atoms with van der Waals surface area (Å²) in [5.41, 5.74) is 1.15. The van der Waals surface area contributed by atoms with Crippen LogP contribution in [-0.2, 0) is 15.8 Å². The molecule has 0 spiro atoms. The van der Waals surface area contributed by atoms with Gasteiger partial charge in [-0.15, -0.1) is 0 Å². The van der Waals surface area contributed by atoms with Gasteiger partial charge in [0, 0.05) is 5.69 Å². The van der Waals surface area contributed by atoms with Crippen LogP contribution in [0.25, 0.3) is 0 Å². The first-order valence-corrected chi connectivity index (χ1v) is 6.21. The maximum absolute atomic E-state index is 12.4. The SMILES string of the molecule is O=C(NN=Cc1ccco1)C(=O)Nc1ccc(C(F)(F)F)cc1. The van der Waals surface area contributed by atoms with Gasteiger partial charge in [-0.1, -0.05) is 0 Å². The minimum Gasteiger partial charge on any atom is -0.463 e. The summed E-state index contributed by atoms with van der Waals surface area (Å²) in [6.07, 6.45) is -1.88. The number of nitrogens with zero attached hydrogens (tertiary/aromatic N) is 1. The van der Waals surface area contributed by atoms with Gasteiger partial charge < -0.3 is 9.73 Å². The molecule has 0 saturated carbocycles. The topological polar surface area (TPSA) is 83.7 Å². The van der Waals surface area contributed by atoms with Crippen molar-refractivity contribution in [3.05, 3.63) is 54.0 Å². The summed E-state index contributed by atoms with van der Waals surface area (Å²) < 4.78 is 42.1. The normalized spacial score (nSPS) is 11.4. The Bertz CT molecular complexity index is 707. The Morgan fingerprint density at radius 2 is 1.78 bits per heavy atom. The van der Waals surface area contributed by atoms with E-state index in [0.717, 1.165) is 24.3 Å². The molecule has 0 bridgehead atoms. The molecule has 2 amide bonds. The summed E-state index contributed by atoms with van der Waals surface area (Å²) in [6, 6.07) is 6.86. The molecule has 0 aliphatic heterocycles. The van der Waals surface area contributed by atoms with Gasteiger partial charge in [0.15, 0.2) is 0 Å². The van der Waals surface area contributed by atoms with Gasteiger partial charge in [0.1, 0.15) is 5.76 Å². The number of furan rings is 1. The number of nitrogens with one attached hydrogen (secondary N) is 2. The quantitative estimate of drug-likeness (QED) is 0.516. The number of carbonyl (C=O) groups excluding carboxylic acids is 2. The van der Waals surface area contributed by atoms with Crippen molar-refractivity contribution in [2.24, 2.45) is 5.10 Å².